The molecule has 0 aliphatic carbocycles. The predicted molar refractivity (Wildman–Crippen MR) is 44.6 cm³/mol. The summed E-state index contributed by atoms with van der Waals surface area (Å²) in [6, 6.07) is 1.89. The molecule has 0 atom stereocenters. The van der Waals surface area contributed by atoms with Crippen LogP contribution in [-0.2, 0) is 0 Å². The molecule has 0 saturated heterocycles. The van der Waals surface area contributed by atoms with E-state index < -0.39 is 5.97 Å². The summed E-state index contributed by atoms with van der Waals surface area (Å²) in [5, 5.41) is 11.6. The molecule has 0 bridgehead atoms. The van der Waals surface area contributed by atoms with Crippen molar-refractivity contribution in [2.75, 3.05) is 12.4 Å². The molecule has 1 aromatic rings. The topological polar surface area (TPSA) is 49.3 Å². The summed E-state index contributed by atoms with van der Waals surface area (Å²) < 4.78 is 1.68. The minimum absolute atomic E-state index is 0.0180. The van der Waals surface area contributed by atoms with Crippen LogP contribution in [0.1, 0.15) is 13.7 Å². The fraction of sp³-hybridized carbons (Fsp3) is 0.286. The van der Waals surface area contributed by atoms with Crippen LogP contribution in [0.2, 0.25) is 0 Å². The van der Waals surface area contributed by atoms with Crippen molar-refractivity contribution in [3.63, 3.8) is 0 Å². The van der Waals surface area contributed by atoms with Crippen LogP contribution in [0.5, 0.6) is 0 Å². The van der Waals surface area contributed by atoms with Gasteiger partial charge in [0.2, 0.25) is 0 Å². The monoisotopic (exact) mass is 219 g/mol. The van der Waals surface area contributed by atoms with Crippen LogP contribution in [0.4, 0.5) is 5.69 Å². The maximum atomic E-state index is 10.6. The Morgan fingerprint density at radius 2 is 2.36 bits per heavy atom. The number of nitrogens with one attached hydrogen (secondary N) is 1. The van der Waals surface area contributed by atoms with Crippen molar-refractivity contribution in [1.82, 2.24) is 0 Å². The SMILES string of the molecule is CNc1cc(C)[se]c1C(=O)O. The van der Waals surface area contributed by atoms with Crippen LogP contribution in [0.25, 0.3) is 0 Å². The molecule has 0 amide bonds. The number of hydrogen-bond donors (Lipinski definition) is 2. The summed E-state index contributed by atoms with van der Waals surface area (Å²) in [4.78, 5) is 10.6. The van der Waals surface area contributed by atoms with Crippen LogP contribution in [0.15, 0.2) is 6.07 Å². The van der Waals surface area contributed by atoms with Crippen LogP contribution >= 0.6 is 0 Å². The van der Waals surface area contributed by atoms with Gasteiger partial charge in [0.05, 0.1) is 0 Å². The van der Waals surface area contributed by atoms with Crippen molar-refractivity contribution >= 4 is 26.2 Å². The zero-order chi connectivity index (χ0) is 8.43. The molecule has 0 unspecified atom stereocenters. The average Bonchev–Trinajstić information content (AvgIpc) is 2.30. The van der Waals surface area contributed by atoms with Gasteiger partial charge in [0.15, 0.2) is 0 Å². The first kappa shape index (κ1) is 8.37. The van der Waals surface area contributed by atoms with Crippen molar-refractivity contribution in [3.8, 4) is 0 Å². The fourth-order valence-electron chi connectivity index (χ4n) is 0.859. The van der Waals surface area contributed by atoms with Gasteiger partial charge in [-0.25, -0.2) is 0 Å². The maximum absolute atomic E-state index is 10.6. The molecule has 11 heavy (non-hydrogen) atoms. The van der Waals surface area contributed by atoms with Crippen LogP contribution < -0.4 is 5.32 Å². The minimum atomic E-state index is -0.803. The Labute approximate surface area is 70.8 Å². The van der Waals surface area contributed by atoms with E-state index in [1.807, 2.05) is 13.0 Å². The second-order valence-corrected chi connectivity index (χ2v) is 4.79. The number of carboxylic acid groups (broad SMARTS) is 1. The summed E-state index contributed by atoms with van der Waals surface area (Å²) in [5.74, 6) is -0.803. The number of carboxylic acids is 1. The van der Waals surface area contributed by atoms with Gasteiger partial charge in [-0.15, -0.1) is 0 Å². The molecule has 1 rings (SSSR count). The standard InChI is InChI=1S/C7H9NO2Se/c1-4-3-5(8-2)6(11-4)7(9)10/h3,8H,1-2H3,(H,9,10). The third kappa shape index (κ3) is 1.64. The van der Waals surface area contributed by atoms with Gasteiger partial charge in [0.1, 0.15) is 0 Å². The molecule has 1 aromatic heterocycles. The summed E-state index contributed by atoms with van der Waals surface area (Å²) in [7, 11) is 1.74. The van der Waals surface area contributed by atoms with E-state index >= 15 is 0 Å². The number of hydrogen-bond acceptors (Lipinski definition) is 2. The first-order valence-corrected chi connectivity index (χ1v) is 4.88. The van der Waals surface area contributed by atoms with Gasteiger partial charge in [0.25, 0.3) is 0 Å². The number of aromatic carboxylic acids is 1. The quantitative estimate of drug-likeness (QED) is 0.721. The van der Waals surface area contributed by atoms with Gasteiger partial charge in [-0.2, -0.15) is 0 Å². The Morgan fingerprint density at radius 1 is 1.73 bits per heavy atom. The normalized spacial score (nSPS) is 9.64. The number of anilines is 1. The molecule has 0 spiro atoms. The molecule has 0 aliphatic rings. The van der Waals surface area contributed by atoms with Gasteiger partial charge in [-0.1, -0.05) is 0 Å². The molecular formula is C7H9NO2Se. The van der Waals surface area contributed by atoms with E-state index in [0.29, 0.717) is 4.44 Å². The summed E-state index contributed by atoms with van der Waals surface area (Å²) in [6.45, 7) is 1.95. The molecule has 0 saturated carbocycles. The third-order valence-electron chi connectivity index (χ3n) is 1.32. The van der Waals surface area contributed by atoms with E-state index in [1.54, 1.807) is 7.05 Å². The molecule has 60 valence electrons. The summed E-state index contributed by atoms with van der Waals surface area (Å²) in [6.07, 6.45) is 0. The fourth-order valence-corrected chi connectivity index (χ4v) is 2.66. The van der Waals surface area contributed by atoms with Gasteiger partial charge in [-0.3, -0.25) is 0 Å². The van der Waals surface area contributed by atoms with E-state index in [9.17, 15) is 4.79 Å². The summed E-state index contributed by atoms with van der Waals surface area (Å²) >= 11 is 0.0180. The Morgan fingerprint density at radius 3 is 2.73 bits per heavy atom. The van der Waals surface area contributed by atoms with Gasteiger partial charge in [-0.05, 0) is 0 Å². The van der Waals surface area contributed by atoms with Crippen molar-refractivity contribution in [1.29, 1.82) is 0 Å². The second-order valence-electron chi connectivity index (χ2n) is 2.16. The molecule has 3 nitrogen and oxygen atoms in total. The average molecular weight is 218 g/mol. The van der Waals surface area contributed by atoms with E-state index in [-0.39, 0.29) is 14.5 Å². The zero-order valence-electron chi connectivity index (χ0n) is 6.34. The first-order valence-electron chi connectivity index (χ1n) is 3.16. The Bertz CT molecular complexity index is 280. The van der Waals surface area contributed by atoms with E-state index in [4.69, 9.17) is 5.11 Å². The molecule has 0 radical (unpaired) electrons. The van der Waals surface area contributed by atoms with E-state index in [1.165, 1.54) is 0 Å². The molecule has 2 N–H and O–H groups in total. The van der Waals surface area contributed by atoms with Crippen LogP contribution in [-0.4, -0.2) is 32.6 Å². The number of carbonyl (C=O) groups is 1. The van der Waals surface area contributed by atoms with E-state index in [0.717, 1.165) is 10.1 Å². The van der Waals surface area contributed by atoms with Crippen molar-refractivity contribution < 1.29 is 9.90 Å². The molecule has 0 fully saturated rings. The van der Waals surface area contributed by atoms with Gasteiger partial charge < -0.3 is 0 Å². The zero-order valence-corrected chi connectivity index (χ0v) is 8.05. The van der Waals surface area contributed by atoms with Crippen molar-refractivity contribution in [3.05, 3.63) is 14.9 Å². The van der Waals surface area contributed by atoms with Gasteiger partial charge >= 0.3 is 70.3 Å². The molecular weight excluding hydrogens is 209 g/mol. The van der Waals surface area contributed by atoms with Gasteiger partial charge in [0, 0.05) is 0 Å². The summed E-state index contributed by atoms with van der Waals surface area (Å²) in [5.41, 5.74) is 0.759. The molecule has 1 heterocycles. The van der Waals surface area contributed by atoms with E-state index in [2.05, 4.69) is 5.32 Å². The Kier molecular flexibility index (Phi) is 2.37. The molecule has 4 heteroatoms. The molecule has 0 aliphatic heterocycles. The van der Waals surface area contributed by atoms with Crippen molar-refractivity contribution in [2.45, 2.75) is 6.92 Å². The Hall–Kier alpha value is -0.731. The Balaban J connectivity index is 3.12. The predicted octanol–water partition coefficient (Wildman–Crippen LogP) is 0.792. The number of rotatable bonds is 2. The van der Waals surface area contributed by atoms with Crippen molar-refractivity contribution in [2.24, 2.45) is 0 Å². The third-order valence-corrected chi connectivity index (χ3v) is 3.50. The number of aryl methyl sites for hydroxylation is 1. The second kappa shape index (κ2) is 3.11. The van der Waals surface area contributed by atoms with Crippen LogP contribution in [0.3, 0.4) is 0 Å². The van der Waals surface area contributed by atoms with Crippen LogP contribution in [0, 0.1) is 6.92 Å². The molecule has 0 aromatic carbocycles. The first-order chi connectivity index (χ1) is 5.15.